The predicted octanol–water partition coefficient (Wildman–Crippen LogP) is 0.540. The van der Waals surface area contributed by atoms with Gasteiger partial charge >= 0.3 is 5.97 Å². The minimum Gasteiger partial charge on any atom is -0.477 e. The molecule has 0 amide bonds. The van der Waals surface area contributed by atoms with Gasteiger partial charge in [0.05, 0.1) is 0 Å². The number of pyridine rings is 1. The molecule has 1 aliphatic heterocycles. The van der Waals surface area contributed by atoms with Crippen LogP contribution in [0.15, 0.2) is 17.1 Å². The van der Waals surface area contributed by atoms with E-state index in [4.69, 9.17) is 5.11 Å². The van der Waals surface area contributed by atoms with Crippen molar-refractivity contribution in [2.24, 2.45) is 0 Å². The van der Waals surface area contributed by atoms with Crippen LogP contribution in [0.4, 0.5) is 0 Å². The molecular formula is C11H14N2O3. The van der Waals surface area contributed by atoms with Crippen LogP contribution in [0.5, 0.6) is 0 Å². The Bertz CT molecular complexity index is 447. The molecule has 0 radical (unpaired) electrons. The number of aromatic amines is 1. The number of carbonyl (C=O) groups is 1. The minimum absolute atomic E-state index is 0.170. The Balaban J connectivity index is 2.31. The average molecular weight is 222 g/mol. The number of rotatable bonds is 2. The molecule has 1 aliphatic rings. The molecule has 1 aromatic heterocycles. The molecule has 0 saturated carbocycles. The van der Waals surface area contributed by atoms with Gasteiger partial charge in [0, 0.05) is 6.20 Å². The van der Waals surface area contributed by atoms with Gasteiger partial charge in [0.1, 0.15) is 5.56 Å². The highest BCUT2D eigenvalue weighted by molar-refractivity contribution is 5.87. The van der Waals surface area contributed by atoms with Gasteiger partial charge in [0.25, 0.3) is 5.56 Å². The molecule has 2 rings (SSSR count). The number of carboxylic acids is 1. The van der Waals surface area contributed by atoms with E-state index in [0.717, 1.165) is 31.5 Å². The Hall–Kier alpha value is -1.62. The molecule has 5 heteroatoms. The largest absolute Gasteiger partial charge is 0.477 e. The molecule has 1 saturated heterocycles. The molecule has 1 fully saturated rings. The summed E-state index contributed by atoms with van der Waals surface area (Å²) in [5.41, 5.74) is 0.208. The first-order valence-electron chi connectivity index (χ1n) is 5.35. The highest BCUT2D eigenvalue weighted by Crippen LogP contribution is 2.24. The first-order valence-corrected chi connectivity index (χ1v) is 5.35. The third kappa shape index (κ3) is 2.14. The summed E-state index contributed by atoms with van der Waals surface area (Å²) in [7, 11) is 0. The summed E-state index contributed by atoms with van der Waals surface area (Å²) in [6.07, 6.45) is 3.58. The Morgan fingerprint density at radius 3 is 2.69 bits per heavy atom. The second kappa shape index (κ2) is 4.49. The number of piperidine rings is 1. The Kier molecular flexibility index (Phi) is 3.05. The van der Waals surface area contributed by atoms with Crippen molar-refractivity contribution in [3.8, 4) is 0 Å². The fraction of sp³-hybridized carbons (Fsp3) is 0.455. The summed E-state index contributed by atoms with van der Waals surface area (Å²) in [5, 5.41) is 12.1. The van der Waals surface area contributed by atoms with E-state index in [0.29, 0.717) is 5.92 Å². The van der Waals surface area contributed by atoms with Crippen molar-refractivity contribution >= 4 is 5.97 Å². The monoisotopic (exact) mass is 222 g/mol. The Morgan fingerprint density at radius 1 is 1.38 bits per heavy atom. The number of H-pyrrole nitrogens is 1. The molecule has 86 valence electrons. The summed E-state index contributed by atoms with van der Waals surface area (Å²) in [6, 6.07) is 1.50. The average Bonchev–Trinajstić information content (AvgIpc) is 2.30. The lowest BCUT2D eigenvalue weighted by Gasteiger charge is -2.22. The summed E-state index contributed by atoms with van der Waals surface area (Å²) in [4.78, 5) is 24.6. The van der Waals surface area contributed by atoms with Gasteiger partial charge in [-0.3, -0.25) is 4.79 Å². The van der Waals surface area contributed by atoms with Crippen LogP contribution in [0, 0.1) is 0 Å². The molecule has 0 aliphatic carbocycles. The van der Waals surface area contributed by atoms with Crippen molar-refractivity contribution < 1.29 is 9.90 Å². The topological polar surface area (TPSA) is 82.2 Å². The third-order valence-electron chi connectivity index (χ3n) is 2.97. The normalized spacial score (nSPS) is 17.2. The Labute approximate surface area is 92.5 Å². The molecule has 2 heterocycles. The van der Waals surface area contributed by atoms with E-state index < -0.39 is 11.5 Å². The summed E-state index contributed by atoms with van der Waals surface area (Å²) in [5.74, 6) is -0.826. The molecule has 1 aromatic rings. The van der Waals surface area contributed by atoms with Crippen LogP contribution in [-0.2, 0) is 0 Å². The lowest BCUT2D eigenvalue weighted by molar-refractivity contribution is 0.0694. The van der Waals surface area contributed by atoms with Gasteiger partial charge in [0.15, 0.2) is 0 Å². The van der Waals surface area contributed by atoms with Crippen LogP contribution in [0.1, 0.15) is 34.7 Å². The zero-order valence-electron chi connectivity index (χ0n) is 8.82. The lowest BCUT2D eigenvalue weighted by atomic mass is 9.91. The maximum Gasteiger partial charge on any atom is 0.341 e. The zero-order chi connectivity index (χ0) is 11.5. The van der Waals surface area contributed by atoms with Crippen molar-refractivity contribution in [3.63, 3.8) is 0 Å². The van der Waals surface area contributed by atoms with E-state index in [9.17, 15) is 9.59 Å². The Morgan fingerprint density at radius 2 is 2.06 bits per heavy atom. The zero-order valence-corrected chi connectivity index (χ0v) is 8.82. The van der Waals surface area contributed by atoms with Crippen LogP contribution in [0.3, 0.4) is 0 Å². The minimum atomic E-state index is -1.17. The van der Waals surface area contributed by atoms with Gasteiger partial charge in [-0.25, -0.2) is 4.79 Å². The quantitative estimate of drug-likeness (QED) is 0.682. The van der Waals surface area contributed by atoms with Gasteiger partial charge in [0.2, 0.25) is 0 Å². The van der Waals surface area contributed by atoms with Gasteiger partial charge in [-0.05, 0) is 43.5 Å². The van der Waals surface area contributed by atoms with Gasteiger partial charge < -0.3 is 15.4 Å². The van der Waals surface area contributed by atoms with E-state index in [1.165, 1.54) is 6.07 Å². The predicted molar refractivity (Wildman–Crippen MR) is 58.9 cm³/mol. The summed E-state index contributed by atoms with van der Waals surface area (Å²) < 4.78 is 0. The van der Waals surface area contributed by atoms with Crippen LogP contribution in [-0.4, -0.2) is 29.1 Å². The highest BCUT2D eigenvalue weighted by Gasteiger charge is 2.18. The molecule has 0 aromatic carbocycles. The van der Waals surface area contributed by atoms with E-state index in [1.807, 2.05) is 0 Å². The molecule has 0 bridgehead atoms. The number of aromatic nitrogens is 1. The third-order valence-corrected chi connectivity index (χ3v) is 2.97. The molecule has 0 atom stereocenters. The van der Waals surface area contributed by atoms with Gasteiger partial charge in [-0.1, -0.05) is 0 Å². The van der Waals surface area contributed by atoms with Crippen molar-refractivity contribution in [1.29, 1.82) is 0 Å². The van der Waals surface area contributed by atoms with Crippen molar-refractivity contribution in [2.75, 3.05) is 13.1 Å². The van der Waals surface area contributed by atoms with Crippen molar-refractivity contribution in [1.82, 2.24) is 10.3 Å². The van der Waals surface area contributed by atoms with Crippen LogP contribution in [0.2, 0.25) is 0 Å². The SMILES string of the molecule is O=C(O)c1cc(C2CCNCC2)c[nH]c1=O. The van der Waals surface area contributed by atoms with Crippen molar-refractivity contribution in [3.05, 3.63) is 33.7 Å². The number of hydrogen-bond donors (Lipinski definition) is 3. The molecule has 5 nitrogen and oxygen atoms in total. The van der Waals surface area contributed by atoms with E-state index in [1.54, 1.807) is 6.20 Å². The first-order chi connectivity index (χ1) is 7.68. The fourth-order valence-electron chi connectivity index (χ4n) is 2.05. The molecule has 16 heavy (non-hydrogen) atoms. The standard InChI is InChI=1S/C11H14N2O3/c14-10-9(11(15)16)5-8(6-13-10)7-1-3-12-4-2-7/h5-7,12H,1-4H2,(H,13,14)(H,15,16). The van der Waals surface area contributed by atoms with Gasteiger partial charge in [-0.2, -0.15) is 0 Å². The number of carboxylic acid groups (broad SMARTS) is 1. The van der Waals surface area contributed by atoms with E-state index in [-0.39, 0.29) is 5.56 Å². The second-order valence-electron chi connectivity index (χ2n) is 4.01. The van der Waals surface area contributed by atoms with E-state index >= 15 is 0 Å². The second-order valence-corrected chi connectivity index (χ2v) is 4.01. The smallest absolute Gasteiger partial charge is 0.341 e. The van der Waals surface area contributed by atoms with Crippen molar-refractivity contribution in [2.45, 2.75) is 18.8 Å². The van der Waals surface area contributed by atoms with Crippen LogP contribution < -0.4 is 10.9 Å². The number of hydrogen-bond acceptors (Lipinski definition) is 3. The molecule has 0 unspecified atom stereocenters. The fourth-order valence-corrected chi connectivity index (χ4v) is 2.05. The number of nitrogens with one attached hydrogen (secondary N) is 2. The molecule has 3 N–H and O–H groups in total. The summed E-state index contributed by atoms with van der Waals surface area (Å²) >= 11 is 0. The highest BCUT2D eigenvalue weighted by atomic mass is 16.4. The lowest BCUT2D eigenvalue weighted by Crippen LogP contribution is -2.27. The molecule has 0 spiro atoms. The maximum absolute atomic E-state index is 11.2. The van der Waals surface area contributed by atoms with E-state index in [2.05, 4.69) is 10.3 Å². The van der Waals surface area contributed by atoms with Crippen LogP contribution >= 0.6 is 0 Å². The number of aromatic carboxylic acids is 1. The van der Waals surface area contributed by atoms with Crippen LogP contribution in [0.25, 0.3) is 0 Å². The summed E-state index contributed by atoms with van der Waals surface area (Å²) in [6.45, 7) is 1.87. The first kappa shape index (κ1) is 10.9. The maximum atomic E-state index is 11.2. The molecular weight excluding hydrogens is 208 g/mol. The van der Waals surface area contributed by atoms with Gasteiger partial charge in [-0.15, -0.1) is 0 Å².